The molecule has 7 nitrogen and oxygen atoms in total. The first kappa shape index (κ1) is 19.5. The van der Waals surface area contributed by atoms with Crippen LogP contribution in [0.4, 0.5) is 0 Å². The van der Waals surface area contributed by atoms with Gasteiger partial charge in [-0.05, 0) is 18.4 Å². The standard InChI is InChI=1S/C20H28N4O3/c21-10-15-27-14-9-19(25)23-12-7-17(8-13-23)20(26)24-18(6-11-22-24)16-4-2-1-3-5-16/h1-5,11,17-18H,6-10,12-15,21H2. The van der Waals surface area contributed by atoms with E-state index >= 15 is 0 Å². The molecular weight excluding hydrogens is 344 g/mol. The predicted molar refractivity (Wildman–Crippen MR) is 103 cm³/mol. The van der Waals surface area contributed by atoms with E-state index in [-0.39, 0.29) is 23.8 Å². The van der Waals surface area contributed by atoms with Crippen molar-refractivity contribution < 1.29 is 14.3 Å². The van der Waals surface area contributed by atoms with E-state index in [2.05, 4.69) is 5.10 Å². The number of rotatable bonds is 7. The van der Waals surface area contributed by atoms with E-state index in [0.29, 0.717) is 52.1 Å². The summed E-state index contributed by atoms with van der Waals surface area (Å²) in [5, 5.41) is 5.97. The number of carbonyl (C=O) groups excluding carboxylic acids is 2. The minimum Gasteiger partial charge on any atom is -0.380 e. The first-order valence-corrected chi connectivity index (χ1v) is 9.66. The summed E-state index contributed by atoms with van der Waals surface area (Å²) in [7, 11) is 0. The van der Waals surface area contributed by atoms with Crippen molar-refractivity contribution in [1.82, 2.24) is 9.91 Å². The maximum atomic E-state index is 13.0. The van der Waals surface area contributed by atoms with Crippen molar-refractivity contribution in [2.45, 2.75) is 31.7 Å². The van der Waals surface area contributed by atoms with Crippen molar-refractivity contribution in [2.75, 3.05) is 32.8 Å². The maximum absolute atomic E-state index is 13.0. The molecule has 0 bridgehead atoms. The Bertz CT molecular complexity index is 656. The van der Waals surface area contributed by atoms with Crippen molar-refractivity contribution >= 4 is 18.0 Å². The minimum absolute atomic E-state index is 0.0157. The summed E-state index contributed by atoms with van der Waals surface area (Å²) in [4.78, 5) is 27.0. The molecule has 0 spiro atoms. The van der Waals surface area contributed by atoms with E-state index in [1.807, 2.05) is 41.4 Å². The van der Waals surface area contributed by atoms with Gasteiger partial charge in [-0.25, -0.2) is 5.01 Å². The van der Waals surface area contributed by atoms with Crippen LogP contribution >= 0.6 is 0 Å². The summed E-state index contributed by atoms with van der Waals surface area (Å²) in [6.45, 7) is 2.56. The number of ether oxygens (including phenoxy) is 1. The Labute approximate surface area is 160 Å². The van der Waals surface area contributed by atoms with Crippen LogP contribution in [0.1, 0.15) is 37.3 Å². The van der Waals surface area contributed by atoms with E-state index in [9.17, 15) is 9.59 Å². The Hall–Kier alpha value is -2.25. The zero-order chi connectivity index (χ0) is 19.1. The van der Waals surface area contributed by atoms with E-state index < -0.39 is 0 Å². The molecule has 2 amide bonds. The number of nitrogens with two attached hydrogens (primary N) is 1. The number of hydrogen-bond donors (Lipinski definition) is 1. The van der Waals surface area contributed by atoms with Crippen molar-refractivity contribution in [3.8, 4) is 0 Å². The third-order valence-electron chi connectivity index (χ3n) is 5.16. The summed E-state index contributed by atoms with van der Waals surface area (Å²) < 4.78 is 5.28. The van der Waals surface area contributed by atoms with Crippen LogP contribution in [0.3, 0.4) is 0 Å². The van der Waals surface area contributed by atoms with Crippen molar-refractivity contribution in [1.29, 1.82) is 0 Å². The first-order valence-electron chi connectivity index (χ1n) is 9.66. The molecule has 1 aromatic rings. The molecule has 7 heteroatoms. The molecule has 0 saturated carbocycles. The Morgan fingerprint density at radius 3 is 2.59 bits per heavy atom. The van der Waals surface area contributed by atoms with Gasteiger partial charge in [-0.3, -0.25) is 9.59 Å². The molecular formula is C20H28N4O3. The zero-order valence-corrected chi connectivity index (χ0v) is 15.6. The summed E-state index contributed by atoms with van der Waals surface area (Å²) in [6.07, 6.45) is 4.29. The maximum Gasteiger partial charge on any atom is 0.246 e. The van der Waals surface area contributed by atoms with Crippen LogP contribution in [-0.4, -0.2) is 60.8 Å². The van der Waals surface area contributed by atoms with Gasteiger partial charge in [-0.2, -0.15) is 5.10 Å². The topological polar surface area (TPSA) is 88.2 Å². The lowest BCUT2D eigenvalue weighted by Crippen LogP contribution is -2.43. The number of amides is 2. The second-order valence-electron chi connectivity index (χ2n) is 6.95. The molecule has 2 aliphatic rings. The highest BCUT2D eigenvalue weighted by molar-refractivity contribution is 5.82. The molecule has 2 N–H and O–H groups in total. The van der Waals surface area contributed by atoms with Gasteiger partial charge in [0.2, 0.25) is 11.8 Å². The molecule has 1 atom stereocenters. The normalized spacial score (nSPS) is 20.3. The molecule has 1 fully saturated rings. The molecule has 1 saturated heterocycles. The fraction of sp³-hybridized carbons (Fsp3) is 0.550. The van der Waals surface area contributed by atoms with Crippen LogP contribution < -0.4 is 5.73 Å². The number of nitrogens with zero attached hydrogens (tertiary/aromatic N) is 3. The van der Waals surface area contributed by atoms with Gasteiger partial charge in [-0.15, -0.1) is 0 Å². The number of piperidine rings is 1. The number of likely N-dealkylation sites (tertiary alicyclic amines) is 1. The molecule has 1 aromatic carbocycles. The lowest BCUT2D eigenvalue weighted by Gasteiger charge is -2.34. The summed E-state index contributed by atoms with van der Waals surface area (Å²) in [6, 6.07) is 9.99. The molecule has 2 heterocycles. The average molecular weight is 372 g/mol. The quantitative estimate of drug-likeness (QED) is 0.736. The van der Waals surface area contributed by atoms with Gasteiger partial charge in [0.15, 0.2) is 0 Å². The van der Waals surface area contributed by atoms with Gasteiger partial charge < -0.3 is 15.4 Å². The third kappa shape index (κ3) is 4.93. The molecule has 1 unspecified atom stereocenters. The van der Waals surface area contributed by atoms with Gasteiger partial charge in [0, 0.05) is 38.2 Å². The van der Waals surface area contributed by atoms with Gasteiger partial charge in [0.1, 0.15) is 0 Å². The Morgan fingerprint density at radius 2 is 1.89 bits per heavy atom. The number of hydrogen-bond acceptors (Lipinski definition) is 5. The fourth-order valence-electron chi connectivity index (χ4n) is 3.64. The van der Waals surface area contributed by atoms with E-state index in [0.717, 1.165) is 12.0 Å². The highest BCUT2D eigenvalue weighted by atomic mass is 16.5. The van der Waals surface area contributed by atoms with Crippen LogP contribution in [0.2, 0.25) is 0 Å². The fourth-order valence-corrected chi connectivity index (χ4v) is 3.64. The van der Waals surface area contributed by atoms with Gasteiger partial charge >= 0.3 is 0 Å². The molecule has 0 aromatic heterocycles. The minimum atomic E-state index is -0.0796. The summed E-state index contributed by atoms with van der Waals surface area (Å²) in [5.41, 5.74) is 6.47. The van der Waals surface area contributed by atoms with Crippen molar-refractivity contribution in [3.63, 3.8) is 0 Å². The number of benzene rings is 1. The lowest BCUT2D eigenvalue weighted by atomic mass is 9.94. The largest absolute Gasteiger partial charge is 0.380 e. The smallest absolute Gasteiger partial charge is 0.246 e. The van der Waals surface area contributed by atoms with Crippen molar-refractivity contribution in [2.24, 2.45) is 16.8 Å². The highest BCUT2D eigenvalue weighted by Crippen LogP contribution is 2.31. The van der Waals surface area contributed by atoms with Crippen LogP contribution in [0.25, 0.3) is 0 Å². The molecule has 146 valence electrons. The second kappa shape index (κ2) is 9.62. The van der Waals surface area contributed by atoms with Crippen LogP contribution in [0.15, 0.2) is 35.4 Å². The SMILES string of the molecule is NCCOCCC(=O)N1CCC(C(=O)N2N=CCC2c2ccccc2)CC1. The van der Waals surface area contributed by atoms with Crippen LogP contribution in [0, 0.1) is 5.92 Å². The third-order valence-corrected chi connectivity index (χ3v) is 5.16. The molecule has 0 radical (unpaired) electrons. The second-order valence-corrected chi connectivity index (χ2v) is 6.95. The molecule has 2 aliphatic heterocycles. The van der Waals surface area contributed by atoms with Crippen molar-refractivity contribution in [3.05, 3.63) is 35.9 Å². The predicted octanol–water partition coefficient (Wildman–Crippen LogP) is 1.55. The average Bonchev–Trinajstić information content (AvgIpc) is 3.21. The van der Waals surface area contributed by atoms with Gasteiger partial charge in [-0.1, -0.05) is 30.3 Å². The Morgan fingerprint density at radius 1 is 1.15 bits per heavy atom. The summed E-state index contributed by atoms with van der Waals surface area (Å²) in [5.74, 6) is 0.0688. The summed E-state index contributed by atoms with van der Waals surface area (Å²) >= 11 is 0. The van der Waals surface area contributed by atoms with Crippen LogP contribution in [-0.2, 0) is 14.3 Å². The monoisotopic (exact) mass is 372 g/mol. The highest BCUT2D eigenvalue weighted by Gasteiger charge is 2.35. The van der Waals surface area contributed by atoms with E-state index in [1.165, 1.54) is 0 Å². The van der Waals surface area contributed by atoms with E-state index in [4.69, 9.17) is 10.5 Å². The number of carbonyl (C=O) groups is 2. The molecule has 27 heavy (non-hydrogen) atoms. The zero-order valence-electron chi connectivity index (χ0n) is 15.6. The van der Waals surface area contributed by atoms with Crippen LogP contribution in [0.5, 0.6) is 0 Å². The van der Waals surface area contributed by atoms with Gasteiger partial charge in [0.25, 0.3) is 0 Å². The Balaban J connectivity index is 1.49. The van der Waals surface area contributed by atoms with Gasteiger partial charge in [0.05, 0.1) is 25.7 Å². The molecule has 0 aliphatic carbocycles. The van der Waals surface area contributed by atoms with E-state index in [1.54, 1.807) is 5.01 Å². The number of hydrazone groups is 1. The Kier molecular flexibility index (Phi) is 6.95. The molecule has 3 rings (SSSR count). The first-order chi connectivity index (χ1) is 13.2. The lowest BCUT2D eigenvalue weighted by molar-refractivity contribution is -0.142.